The second-order valence-electron chi connectivity index (χ2n) is 4.96. The molecule has 0 saturated heterocycles. The molecule has 0 bridgehead atoms. The van der Waals surface area contributed by atoms with Crippen LogP contribution in [0.5, 0.6) is 0 Å². The Morgan fingerprint density at radius 2 is 1.71 bits per heavy atom. The number of alkyl halides is 7. The van der Waals surface area contributed by atoms with Crippen molar-refractivity contribution in [3.05, 3.63) is 29.3 Å². The molecule has 2 rings (SSSR count). The zero-order valence-electron chi connectivity index (χ0n) is 10.7. The molecule has 1 aliphatic rings. The number of nitrogens with zero attached hydrogens (tertiary/aromatic N) is 1. The normalized spacial score (nSPS) is 16.1. The molecule has 1 aliphatic carbocycles. The Bertz CT molecular complexity index is 506. The van der Waals surface area contributed by atoms with E-state index in [2.05, 4.69) is 0 Å². The van der Waals surface area contributed by atoms with Crippen LogP contribution in [-0.4, -0.2) is 18.8 Å². The number of rotatable bonds is 4. The molecular formula is C13H12ClF6N. The summed E-state index contributed by atoms with van der Waals surface area (Å²) >= 11 is 5.50. The molecule has 8 heteroatoms. The van der Waals surface area contributed by atoms with Crippen LogP contribution in [0.15, 0.2) is 18.2 Å². The first-order chi connectivity index (χ1) is 9.62. The standard InChI is InChI=1S/C13H12ClF6N/c14-6-8-1-4-11(10(5-8)13(18,19)20)21(9-2-3-9)7-12(15,16)17/h1,4-5,9H,2-3,6-7H2. The van der Waals surface area contributed by atoms with E-state index in [1.165, 1.54) is 6.07 Å². The van der Waals surface area contributed by atoms with Crippen LogP contribution in [0.25, 0.3) is 0 Å². The Kier molecular flexibility index (Phi) is 4.33. The maximum absolute atomic E-state index is 13.1. The van der Waals surface area contributed by atoms with Crippen molar-refractivity contribution >= 4 is 17.3 Å². The van der Waals surface area contributed by atoms with E-state index >= 15 is 0 Å². The topological polar surface area (TPSA) is 3.24 Å². The molecule has 0 aromatic heterocycles. The molecule has 1 aromatic carbocycles. The lowest BCUT2D eigenvalue weighted by molar-refractivity contribution is -0.138. The zero-order chi connectivity index (χ0) is 15.8. The number of benzene rings is 1. The average molecular weight is 332 g/mol. The summed E-state index contributed by atoms with van der Waals surface area (Å²) in [5, 5.41) is 0. The first kappa shape index (κ1) is 16.3. The maximum Gasteiger partial charge on any atom is 0.418 e. The quantitative estimate of drug-likeness (QED) is 0.556. The molecule has 1 fully saturated rings. The van der Waals surface area contributed by atoms with Crippen molar-refractivity contribution in [1.29, 1.82) is 0 Å². The number of hydrogen-bond donors (Lipinski definition) is 0. The fourth-order valence-corrected chi connectivity index (χ4v) is 2.30. The molecule has 0 N–H and O–H groups in total. The van der Waals surface area contributed by atoms with Crippen LogP contribution in [-0.2, 0) is 12.1 Å². The maximum atomic E-state index is 13.1. The second-order valence-corrected chi connectivity index (χ2v) is 5.22. The Balaban J connectivity index is 2.44. The van der Waals surface area contributed by atoms with E-state index in [9.17, 15) is 26.3 Å². The van der Waals surface area contributed by atoms with Crippen molar-refractivity contribution in [3.8, 4) is 0 Å². The van der Waals surface area contributed by atoms with Crippen LogP contribution in [0.4, 0.5) is 32.0 Å². The molecule has 1 saturated carbocycles. The third-order valence-electron chi connectivity index (χ3n) is 3.17. The molecule has 118 valence electrons. The molecule has 0 spiro atoms. The van der Waals surface area contributed by atoms with Crippen LogP contribution in [0.1, 0.15) is 24.0 Å². The fraction of sp³-hybridized carbons (Fsp3) is 0.538. The predicted octanol–water partition coefficient (Wildman–Crippen LogP) is 4.98. The highest BCUT2D eigenvalue weighted by atomic mass is 35.5. The summed E-state index contributed by atoms with van der Waals surface area (Å²) < 4.78 is 77.1. The summed E-state index contributed by atoms with van der Waals surface area (Å²) in [6, 6.07) is 2.72. The molecule has 0 amide bonds. The van der Waals surface area contributed by atoms with Crippen molar-refractivity contribution in [1.82, 2.24) is 0 Å². The van der Waals surface area contributed by atoms with E-state index in [1.54, 1.807) is 0 Å². The second kappa shape index (κ2) is 5.59. The SMILES string of the molecule is FC(F)(F)CN(c1ccc(CCl)cc1C(F)(F)F)C1CC1. The van der Waals surface area contributed by atoms with Crippen molar-refractivity contribution in [2.24, 2.45) is 0 Å². The van der Waals surface area contributed by atoms with Crippen molar-refractivity contribution < 1.29 is 26.3 Å². The minimum Gasteiger partial charge on any atom is -0.359 e. The van der Waals surface area contributed by atoms with Gasteiger partial charge in [0.15, 0.2) is 0 Å². The minimum absolute atomic E-state index is 0.133. The van der Waals surface area contributed by atoms with Crippen LogP contribution >= 0.6 is 11.6 Å². The lowest BCUT2D eigenvalue weighted by Crippen LogP contribution is -2.37. The highest BCUT2D eigenvalue weighted by molar-refractivity contribution is 6.17. The lowest BCUT2D eigenvalue weighted by Gasteiger charge is -2.29. The molecule has 1 aromatic rings. The van der Waals surface area contributed by atoms with E-state index in [1.807, 2.05) is 0 Å². The van der Waals surface area contributed by atoms with Gasteiger partial charge in [0.05, 0.1) is 5.56 Å². The van der Waals surface area contributed by atoms with Crippen LogP contribution < -0.4 is 4.90 Å². The number of halogens is 7. The first-order valence-electron chi connectivity index (χ1n) is 6.21. The van der Waals surface area contributed by atoms with Gasteiger partial charge in [-0.1, -0.05) is 6.07 Å². The third-order valence-corrected chi connectivity index (χ3v) is 3.48. The van der Waals surface area contributed by atoms with Gasteiger partial charge in [0, 0.05) is 17.6 Å². The fourth-order valence-electron chi connectivity index (χ4n) is 2.13. The molecular weight excluding hydrogens is 320 g/mol. The highest BCUT2D eigenvalue weighted by Gasteiger charge is 2.42. The van der Waals surface area contributed by atoms with Gasteiger partial charge in [0.1, 0.15) is 6.54 Å². The van der Waals surface area contributed by atoms with Crippen molar-refractivity contribution in [2.75, 3.05) is 11.4 Å². The summed E-state index contributed by atoms with van der Waals surface area (Å²) in [5.74, 6) is -0.133. The molecule has 0 aliphatic heterocycles. The van der Waals surface area contributed by atoms with Crippen molar-refractivity contribution in [2.45, 2.75) is 37.1 Å². The number of hydrogen-bond acceptors (Lipinski definition) is 1. The summed E-state index contributed by atoms with van der Waals surface area (Å²) in [4.78, 5) is 0.792. The molecule has 0 unspecified atom stereocenters. The smallest absolute Gasteiger partial charge is 0.359 e. The molecule has 21 heavy (non-hydrogen) atoms. The van der Waals surface area contributed by atoms with Gasteiger partial charge in [0.2, 0.25) is 0 Å². The van der Waals surface area contributed by atoms with E-state index in [4.69, 9.17) is 11.6 Å². The Hall–Kier alpha value is -1.11. The van der Waals surface area contributed by atoms with Gasteiger partial charge in [-0.15, -0.1) is 11.6 Å². The first-order valence-corrected chi connectivity index (χ1v) is 6.75. The van der Waals surface area contributed by atoms with E-state index in [-0.39, 0.29) is 11.4 Å². The van der Waals surface area contributed by atoms with E-state index in [0.717, 1.165) is 17.0 Å². The van der Waals surface area contributed by atoms with Crippen LogP contribution in [0.3, 0.4) is 0 Å². The van der Waals surface area contributed by atoms with Crippen LogP contribution in [0, 0.1) is 0 Å². The summed E-state index contributed by atoms with van der Waals surface area (Å²) in [7, 11) is 0. The monoisotopic (exact) mass is 331 g/mol. The molecule has 0 heterocycles. The predicted molar refractivity (Wildman–Crippen MR) is 67.4 cm³/mol. The molecule has 1 nitrogen and oxygen atoms in total. The molecule has 0 radical (unpaired) electrons. The van der Waals surface area contributed by atoms with Crippen LogP contribution in [0.2, 0.25) is 0 Å². The molecule has 0 atom stereocenters. The average Bonchev–Trinajstić information content (AvgIpc) is 3.17. The Morgan fingerprint density at radius 1 is 1.10 bits per heavy atom. The minimum atomic E-state index is -4.73. The highest BCUT2D eigenvalue weighted by Crippen LogP contribution is 2.42. The van der Waals surface area contributed by atoms with Crippen molar-refractivity contribution in [3.63, 3.8) is 0 Å². The van der Waals surface area contributed by atoms with E-state index in [0.29, 0.717) is 12.8 Å². The summed E-state index contributed by atoms with van der Waals surface area (Å²) in [5.41, 5.74) is -1.29. The number of anilines is 1. The Labute approximate surface area is 122 Å². The summed E-state index contributed by atoms with van der Waals surface area (Å²) in [6.07, 6.45) is -8.36. The van der Waals surface area contributed by atoms with Gasteiger partial charge in [-0.25, -0.2) is 0 Å². The van der Waals surface area contributed by atoms with Gasteiger partial charge in [-0.05, 0) is 30.5 Å². The van der Waals surface area contributed by atoms with Gasteiger partial charge < -0.3 is 4.90 Å². The summed E-state index contributed by atoms with van der Waals surface area (Å²) in [6.45, 7) is -1.39. The zero-order valence-corrected chi connectivity index (χ0v) is 11.5. The van der Waals surface area contributed by atoms with E-state index < -0.39 is 36.2 Å². The Morgan fingerprint density at radius 3 is 2.14 bits per heavy atom. The van der Waals surface area contributed by atoms with Gasteiger partial charge in [-0.2, -0.15) is 26.3 Å². The lowest BCUT2D eigenvalue weighted by atomic mass is 10.1. The largest absolute Gasteiger partial charge is 0.418 e. The van der Waals surface area contributed by atoms with Gasteiger partial charge in [0.25, 0.3) is 0 Å². The van der Waals surface area contributed by atoms with Gasteiger partial charge >= 0.3 is 12.4 Å². The third kappa shape index (κ3) is 4.18. The van der Waals surface area contributed by atoms with Gasteiger partial charge in [-0.3, -0.25) is 0 Å².